The van der Waals surface area contributed by atoms with Crippen molar-refractivity contribution in [3.05, 3.63) is 59.2 Å². The van der Waals surface area contributed by atoms with E-state index in [2.05, 4.69) is 12.2 Å². The topological polar surface area (TPSA) is 64.6 Å². The quantitative estimate of drug-likeness (QED) is 0.366. The van der Waals surface area contributed by atoms with Crippen molar-refractivity contribution in [2.45, 2.75) is 59.3 Å². The fraction of sp³-hybridized carbons (Fsp3) is 0.440. The molecule has 0 atom stereocenters. The molecule has 1 amide bonds. The van der Waals surface area contributed by atoms with E-state index in [1.54, 1.807) is 24.3 Å². The van der Waals surface area contributed by atoms with Crippen molar-refractivity contribution in [1.29, 1.82) is 0 Å². The molecular formula is C25H33NO4. The maximum absolute atomic E-state index is 12.3. The highest BCUT2D eigenvalue weighted by Gasteiger charge is 2.13. The van der Waals surface area contributed by atoms with Crippen LogP contribution >= 0.6 is 0 Å². The molecule has 0 heterocycles. The van der Waals surface area contributed by atoms with Gasteiger partial charge in [0.15, 0.2) is 6.61 Å². The second-order valence-electron chi connectivity index (χ2n) is 7.22. The molecule has 0 saturated heterocycles. The SMILES string of the molecule is CCCCCCOc1ccc(C(=O)OCC(=O)Nc2c(CC)cccc2CC)cc1. The third kappa shape index (κ3) is 7.21. The number of hydrogen-bond donors (Lipinski definition) is 1. The lowest BCUT2D eigenvalue weighted by molar-refractivity contribution is -0.119. The molecule has 162 valence electrons. The first kappa shape index (κ1) is 23.5. The van der Waals surface area contributed by atoms with E-state index in [1.165, 1.54) is 12.8 Å². The van der Waals surface area contributed by atoms with Crippen molar-refractivity contribution >= 4 is 17.6 Å². The molecule has 0 aliphatic heterocycles. The van der Waals surface area contributed by atoms with Gasteiger partial charge >= 0.3 is 5.97 Å². The van der Waals surface area contributed by atoms with Gasteiger partial charge in [-0.15, -0.1) is 0 Å². The smallest absolute Gasteiger partial charge is 0.338 e. The summed E-state index contributed by atoms with van der Waals surface area (Å²) in [6.45, 7) is 6.61. The minimum absolute atomic E-state index is 0.324. The van der Waals surface area contributed by atoms with Gasteiger partial charge in [-0.3, -0.25) is 4.79 Å². The second-order valence-corrected chi connectivity index (χ2v) is 7.22. The highest BCUT2D eigenvalue weighted by molar-refractivity contribution is 5.96. The van der Waals surface area contributed by atoms with E-state index in [-0.39, 0.29) is 12.5 Å². The van der Waals surface area contributed by atoms with Crippen LogP contribution in [0.4, 0.5) is 5.69 Å². The molecule has 0 aliphatic carbocycles. The van der Waals surface area contributed by atoms with Crippen LogP contribution in [0.25, 0.3) is 0 Å². The number of aryl methyl sites for hydroxylation is 2. The van der Waals surface area contributed by atoms with E-state index in [0.29, 0.717) is 12.2 Å². The van der Waals surface area contributed by atoms with E-state index in [0.717, 1.165) is 48.2 Å². The average molecular weight is 412 g/mol. The number of ether oxygens (including phenoxy) is 2. The lowest BCUT2D eigenvalue weighted by Gasteiger charge is -2.14. The first-order valence-corrected chi connectivity index (χ1v) is 10.9. The Balaban J connectivity index is 1.83. The minimum Gasteiger partial charge on any atom is -0.494 e. The number of benzene rings is 2. The summed E-state index contributed by atoms with van der Waals surface area (Å²) < 4.78 is 10.9. The van der Waals surface area contributed by atoms with Crippen molar-refractivity contribution < 1.29 is 19.1 Å². The lowest BCUT2D eigenvalue weighted by Crippen LogP contribution is -2.22. The largest absolute Gasteiger partial charge is 0.494 e. The number of hydrogen-bond acceptors (Lipinski definition) is 4. The van der Waals surface area contributed by atoms with Gasteiger partial charge in [-0.05, 0) is 54.7 Å². The summed E-state index contributed by atoms with van der Waals surface area (Å²) in [5, 5.41) is 2.90. The van der Waals surface area contributed by atoms with Gasteiger partial charge in [0.05, 0.1) is 12.2 Å². The monoisotopic (exact) mass is 411 g/mol. The first-order chi connectivity index (χ1) is 14.6. The molecule has 0 spiro atoms. The van der Waals surface area contributed by atoms with Crippen molar-refractivity contribution in [3.8, 4) is 5.75 Å². The fourth-order valence-corrected chi connectivity index (χ4v) is 3.20. The molecule has 5 heteroatoms. The van der Waals surface area contributed by atoms with Gasteiger partial charge in [0.25, 0.3) is 5.91 Å². The zero-order valence-electron chi connectivity index (χ0n) is 18.3. The Hall–Kier alpha value is -2.82. The van der Waals surface area contributed by atoms with Crippen LogP contribution in [0.3, 0.4) is 0 Å². The van der Waals surface area contributed by atoms with Crippen LogP contribution in [0.15, 0.2) is 42.5 Å². The second kappa shape index (κ2) is 12.7. The van der Waals surface area contributed by atoms with E-state index in [1.807, 2.05) is 32.0 Å². The van der Waals surface area contributed by atoms with Crippen molar-refractivity contribution in [1.82, 2.24) is 0 Å². The van der Waals surface area contributed by atoms with Gasteiger partial charge in [0.1, 0.15) is 5.75 Å². The molecular weight excluding hydrogens is 378 g/mol. The highest BCUT2D eigenvalue weighted by atomic mass is 16.5. The zero-order valence-corrected chi connectivity index (χ0v) is 18.3. The maximum Gasteiger partial charge on any atom is 0.338 e. The zero-order chi connectivity index (χ0) is 21.8. The molecule has 0 aliphatic rings. The Labute approximate surface area is 179 Å². The van der Waals surface area contributed by atoms with Gasteiger partial charge in [-0.2, -0.15) is 0 Å². The summed E-state index contributed by atoms with van der Waals surface area (Å²) in [5.41, 5.74) is 3.35. The number of amides is 1. The summed E-state index contributed by atoms with van der Waals surface area (Å²) >= 11 is 0. The number of nitrogens with one attached hydrogen (secondary N) is 1. The summed E-state index contributed by atoms with van der Waals surface area (Å²) in [7, 11) is 0. The summed E-state index contributed by atoms with van der Waals surface area (Å²) in [4.78, 5) is 24.6. The standard InChI is InChI=1S/C25H33NO4/c1-4-7-8-9-17-29-22-15-13-21(14-16-22)25(28)30-18-23(27)26-24-19(5-2)11-10-12-20(24)6-3/h10-16H,4-9,17-18H2,1-3H3,(H,26,27). The molecule has 0 bridgehead atoms. The van der Waals surface area contributed by atoms with Crippen LogP contribution < -0.4 is 10.1 Å². The molecule has 0 saturated carbocycles. The number of carbonyl (C=O) groups excluding carboxylic acids is 2. The van der Waals surface area contributed by atoms with Gasteiger partial charge in [0, 0.05) is 5.69 Å². The fourth-order valence-electron chi connectivity index (χ4n) is 3.20. The average Bonchev–Trinajstić information content (AvgIpc) is 2.77. The Morgan fingerprint density at radius 3 is 2.13 bits per heavy atom. The van der Waals surface area contributed by atoms with Crippen LogP contribution in [-0.4, -0.2) is 25.1 Å². The number of para-hydroxylation sites is 1. The molecule has 2 aromatic rings. The number of unbranched alkanes of at least 4 members (excludes halogenated alkanes) is 3. The predicted octanol–water partition coefficient (Wildman–Crippen LogP) is 5.57. The lowest BCUT2D eigenvalue weighted by atomic mass is 10.0. The Morgan fingerprint density at radius 2 is 1.53 bits per heavy atom. The van der Waals surface area contributed by atoms with E-state index < -0.39 is 5.97 Å². The number of carbonyl (C=O) groups is 2. The molecule has 2 rings (SSSR count). The van der Waals surface area contributed by atoms with E-state index >= 15 is 0 Å². The molecule has 5 nitrogen and oxygen atoms in total. The van der Waals surface area contributed by atoms with Gasteiger partial charge < -0.3 is 14.8 Å². The van der Waals surface area contributed by atoms with Crippen LogP contribution in [0.5, 0.6) is 5.75 Å². The number of rotatable bonds is 12. The van der Waals surface area contributed by atoms with E-state index in [4.69, 9.17) is 9.47 Å². The third-order valence-electron chi connectivity index (χ3n) is 4.95. The highest BCUT2D eigenvalue weighted by Crippen LogP contribution is 2.22. The van der Waals surface area contributed by atoms with Gasteiger partial charge in [0.2, 0.25) is 0 Å². The Morgan fingerprint density at radius 1 is 0.867 bits per heavy atom. The van der Waals surface area contributed by atoms with Crippen molar-refractivity contribution in [2.24, 2.45) is 0 Å². The Kier molecular flexibility index (Phi) is 9.92. The summed E-state index contributed by atoms with van der Waals surface area (Å²) in [5.74, 6) is -0.144. The van der Waals surface area contributed by atoms with Crippen LogP contribution in [0.2, 0.25) is 0 Å². The normalized spacial score (nSPS) is 10.5. The van der Waals surface area contributed by atoms with Crippen LogP contribution in [-0.2, 0) is 22.4 Å². The van der Waals surface area contributed by atoms with Crippen molar-refractivity contribution in [3.63, 3.8) is 0 Å². The molecule has 0 radical (unpaired) electrons. The molecule has 30 heavy (non-hydrogen) atoms. The number of anilines is 1. The summed E-state index contributed by atoms with van der Waals surface area (Å²) in [6, 6.07) is 12.8. The van der Waals surface area contributed by atoms with Gasteiger partial charge in [-0.1, -0.05) is 58.2 Å². The number of esters is 1. The van der Waals surface area contributed by atoms with Crippen molar-refractivity contribution in [2.75, 3.05) is 18.5 Å². The van der Waals surface area contributed by atoms with E-state index in [9.17, 15) is 9.59 Å². The molecule has 0 aromatic heterocycles. The molecule has 0 fully saturated rings. The third-order valence-corrected chi connectivity index (χ3v) is 4.95. The minimum atomic E-state index is -0.529. The molecule has 0 unspecified atom stereocenters. The predicted molar refractivity (Wildman–Crippen MR) is 120 cm³/mol. The van der Waals surface area contributed by atoms with Crippen LogP contribution in [0.1, 0.15) is 67.9 Å². The molecule has 2 aromatic carbocycles. The first-order valence-electron chi connectivity index (χ1n) is 10.9. The molecule has 1 N–H and O–H groups in total. The van der Waals surface area contributed by atoms with Crippen LogP contribution in [0, 0.1) is 0 Å². The maximum atomic E-state index is 12.3. The summed E-state index contributed by atoms with van der Waals surface area (Å²) in [6.07, 6.45) is 6.22. The Bertz CT molecular complexity index is 792. The van der Waals surface area contributed by atoms with Gasteiger partial charge in [-0.25, -0.2) is 4.79 Å².